The molecule has 0 aliphatic rings. The molecule has 0 radical (unpaired) electrons. The second-order valence-corrected chi connectivity index (χ2v) is 2.88. The van der Waals surface area contributed by atoms with E-state index in [0.29, 0.717) is 5.69 Å². The van der Waals surface area contributed by atoms with Crippen LogP contribution in [-0.2, 0) is 0 Å². The number of benzene rings is 1. The fraction of sp³-hybridized carbons (Fsp3) is 0. The first-order chi connectivity index (χ1) is 7.18. The van der Waals surface area contributed by atoms with E-state index in [1.54, 1.807) is 0 Å². The first kappa shape index (κ1) is 9.20. The Morgan fingerprint density at radius 2 is 1.93 bits per heavy atom. The average Bonchev–Trinajstić information content (AvgIpc) is 2.71. The van der Waals surface area contributed by atoms with Gasteiger partial charge in [-0.2, -0.15) is 0 Å². The fourth-order valence-electron chi connectivity index (χ4n) is 1.19. The first-order valence-corrected chi connectivity index (χ1v) is 4.10. The molecule has 0 unspecified atom stereocenters. The Balaban J connectivity index is 2.55. The van der Waals surface area contributed by atoms with Crippen LogP contribution in [0.3, 0.4) is 0 Å². The Labute approximate surface area is 84.4 Å². The second-order valence-electron chi connectivity index (χ2n) is 2.88. The highest BCUT2D eigenvalue weighted by molar-refractivity contribution is 5.88. The lowest BCUT2D eigenvalue weighted by Crippen LogP contribution is -1.99. The highest BCUT2D eigenvalue weighted by Crippen LogP contribution is 2.22. The number of carboxylic acid groups (broad SMARTS) is 1. The standard InChI is InChI=1S/C9H7N3O3/c13-8-2-1-6(9(14)15)3-7(8)12-4-10-11-5-12/h1-5,13H,(H,14,15). The minimum absolute atomic E-state index is 0.0280. The van der Waals surface area contributed by atoms with Crippen LogP contribution in [0, 0.1) is 0 Å². The Bertz CT molecular complexity index is 493. The molecule has 6 heteroatoms. The number of carboxylic acids is 1. The van der Waals surface area contributed by atoms with Crippen molar-refractivity contribution in [1.29, 1.82) is 0 Å². The van der Waals surface area contributed by atoms with Gasteiger partial charge in [0.05, 0.1) is 11.3 Å². The van der Waals surface area contributed by atoms with Gasteiger partial charge in [-0.3, -0.25) is 4.57 Å². The van der Waals surface area contributed by atoms with Gasteiger partial charge in [0.15, 0.2) is 0 Å². The van der Waals surface area contributed by atoms with Gasteiger partial charge < -0.3 is 10.2 Å². The summed E-state index contributed by atoms with van der Waals surface area (Å²) in [7, 11) is 0. The van der Waals surface area contributed by atoms with Crippen molar-refractivity contribution in [2.75, 3.05) is 0 Å². The van der Waals surface area contributed by atoms with Crippen molar-refractivity contribution in [1.82, 2.24) is 14.8 Å². The van der Waals surface area contributed by atoms with Crippen LogP contribution in [0.25, 0.3) is 5.69 Å². The number of nitrogens with zero attached hydrogens (tertiary/aromatic N) is 3. The summed E-state index contributed by atoms with van der Waals surface area (Å²) in [6.07, 6.45) is 2.75. The van der Waals surface area contributed by atoms with Gasteiger partial charge in [-0.05, 0) is 18.2 Å². The van der Waals surface area contributed by atoms with Gasteiger partial charge in [0, 0.05) is 0 Å². The van der Waals surface area contributed by atoms with Crippen LogP contribution in [0.1, 0.15) is 10.4 Å². The van der Waals surface area contributed by atoms with Gasteiger partial charge in [0.1, 0.15) is 18.4 Å². The number of carbonyl (C=O) groups is 1. The SMILES string of the molecule is O=C(O)c1ccc(O)c(-n2cnnc2)c1. The molecule has 1 aromatic carbocycles. The number of rotatable bonds is 2. The van der Waals surface area contributed by atoms with Crippen molar-refractivity contribution in [2.24, 2.45) is 0 Å². The Hall–Kier alpha value is -2.37. The maximum absolute atomic E-state index is 10.7. The third-order valence-corrected chi connectivity index (χ3v) is 1.92. The summed E-state index contributed by atoms with van der Waals surface area (Å²) in [6.45, 7) is 0. The van der Waals surface area contributed by atoms with E-state index in [1.807, 2.05) is 0 Å². The van der Waals surface area contributed by atoms with Crippen molar-refractivity contribution in [3.63, 3.8) is 0 Å². The molecule has 0 saturated carbocycles. The van der Waals surface area contributed by atoms with E-state index in [0.717, 1.165) is 0 Å². The smallest absolute Gasteiger partial charge is 0.335 e. The normalized spacial score (nSPS) is 10.1. The molecule has 6 nitrogen and oxygen atoms in total. The number of phenolic OH excluding ortho intramolecular Hbond substituents is 1. The number of aromatic hydroxyl groups is 1. The van der Waals surface area contributed by atoms with E-state index in [2.05, 4.69) is 10.2 Å². The minimum Gasteiger partial charge on any atom is -0.506 e. The largest absolute Gasteiger partial charge is 0.506 e. The van der Waals surface area contributed by atoms with E-state index in [-0.39, 0.29) is 11.3 Å². The van der Waals surface area contributed by atoms with E-state index in [4.69, 9.17) is 5.11 Å². The molecule has 0 bridgehead atoms. The zero-order valence-corrected chi connectivity index (χ0v) is 7.53. The summed E-state index contributed by atoms with van der Waals surface area (Å²) in [5, 5.41) is 25.4. The summed E-state index contributed by atoms with van der Waals surface area (Å²) in [4.78, 5) is 10.7. The summed E-state index contributed by atoms with van der Waals surface area (Å²) in [5.74, 6) is -1.08. The molecular formula is C9H7N3O3. The zero-order valence-electron chi connectivity index (χ0n) is 7.53. The van der Waals surface area contributed by atoms with Crippen LogP contribution in [0.15, 0.2) is 30.9 Å². The average molecular weight is 205 g/mol. The molecule has 0 spiro atoms. The lowest BCUT2D eigenvalue weighted by Gasteiger charge is -2.05. The zero-order chi connectivity index (χ0) is 10.8. The number of hydrogen-bond acceptors (Lipinski definition) is 4. The molecule has 0 fully saturated rings. The molecule has 15 heavy (non-hydrogen) atoms. The van der Waals surface area contributed by atoms with Gasteiger partial charge in [0.25, 0.3) is 0 Å². The molecule has 1 heterocycles. The van der Waals surface area contributed by atoms with Crippen LogP contribution in [0.5, 0.6) is 5.75 Å². The summed E-state index contributed by atoms with van der Waals surface area (Å²) in [5.41, 5.74) is 0.427. The lowest BCUT2D eigenvalue weighted by atomic mass is 10.2. The van der Waals surface area contributed by atoms with Crippen LogP contribution in [0.4, 0.5) is 0 Å². The highest BCUT2D eigenvalue weighted by atomic mass is 16.4. The predicted octanol–water partition coefficient (Wildman–Crippen LogP) is 0.671. The Morgan fingerprint density at radius 3 is 2.53 bits per heavy atom. The van der Waals surface area contributed by atoms with Crippen molar-refractivity contribution in [2.45, 2.75) is 0 Å². The van der Waals surface area contributed by atoms with Crippen molar-refractivity contribution < 1.29 is 15.0 Å². The number of phenols is 1. The maximum atomic E-state index is 10.7. The van der Waals surface area contributed by atoms with E-state index in [1.165, 1.54) is 35.4 Å². The first-order valence-electron chi connectivity index (χ1n) is 4.10. The minimum atomic E-state index is -1.05. The number of aromatic carboxylic acids is 1. The van der Waals surface area contributed by atoms with Gasteiger partial charge in [-0.1, -0.05) is 0 Å². The number of hydrogen-bond donors (Lipinski definition) is 2. The van der Waals surface area contributed by atoms with Gasteiger partial charge >= 0.3 is 5.97 Å². The van der Waals surface area contributed by atoms with Crippen molar-refractivity contribution in [3.8, 4) is 11.4 Å². The highest BCUT2D eigenvalue weighted by Gasteiger charge is 2.08. The van der Waals surface area contributed by atoms with Crippen LogP contribution in [0.2, 0.25) is 0 Å². The topological polar surface area (TPSA) is 88.2 Å². The Morgan fingerprint density at radius 1 is 1.27 bits per heavy atom. The van der Waals surface area contributed by atoms with Gasteiger partial charge in [0.2, 0.25) is 0 Å². The van der Waals surface area contributed by atoms with Gasteiger partial charge in [-0.25, -0.2) is 4.79 Å². The van der Waals surface area contributed by atoms with Crippen LogP contribution >= 0.6 is 0 Å². The molecule has 0 aliphatic carbocycles. The predicted molar refractivity (Wildman–Crippen MR) is 50.0 cm³/mol. The summed E-state index contributed by atoms with van der Waals surface area (Å²) >= 11 is 0. The van der Waals surface area contributed by atoms with E-state index in [9.17, 15) is 9.90 Å². The quantitative estimate of drug-likeness (QED) is 0.752. The van der Waals surface area contributed by atoms with Crippen molar-refractivity contribution >= 4 is 5.97 Å². The monoisotopic (exact) mass is 205 g/mol. The molecular weight excluding hydrogens is 198 g/mol. The second kappa shape index (κ2) is 3.41. The maximum Gasteiger partial charge on any atom is 0.335 e. The number of aromatic nitrogens is 3. The molecule has 0 amide bonds. The molecule has 0 atom stereocenters. The fourth-order valence-corrected chi connectivity index (χ4v) is 1.19. The van der Waals surface area contributed by atoms with E-state index < -0.39 is 5.97 Å². The van der Waals surface area contributed by atoms with Crippen LogP contribution in [-0.4, -0.2) is 30.9 Å². The Kier molecular flexibility index (Phi) is 2.09. The van der Waals surface area contributed by atoms with Gasteiger partial charge in [-0.15, -0.1) is 10.2 Å². The molecule has 1 aromatic heterocycles. The molecule has 0 aliphatic heterocycles. The molecule has 0 saturated heterocycles. The van der Waals surface area contributed by atoms with E-state index >= 15 is 0 Å². The summed E-state index contributed by atoms with van der Waals surface area (Å²) < 4.78 is 1.43. The molecule has 2 N–H and O–H groups in total. The lowest BCUT2D eigenvalue weighted by molar-refractivity contribution is 0.0697. The van der Waals surface area contributed by atoms with Crippen LogP contribution < -0.4 is 0 Å². The third kappa shape index (κ3) is 1.64. The molecule has 76 valence electrons. The van der Waals surface area contributed by atoms with Crippen molar-refractivity contribution in [3.05, 3.63) is 36.4 Å². The molecule has 2 aromatic rings. The summed E-state index contributed by atoms with van der Waals surface area (Å²) in [6, 6.07) is 3.99. The third-order valence-electron chi connectivity index (χ3n) is 1.92. The molecule has 2 rings (SSSR count).